The van der Waals surface area contributed by atoms with E-state index in [1.165, 1.54) is 39.8 Å². The maximum atomic E-state index is 14.8. The first kappa shape index (κ1) is 129. The smallest absolute Gasteiger partial charge is 0.412 e. The van der Waals surface area contributed by atoms with E-state index in [1.54, 1.807) is 64.4 Å². The third-order valence-corrected chi connectivity index (χ3v) is 24.8. The van der Waals surface area contributed by atoms with Gasteiger partial charge in [-0.15, -0.1) is 11.3 Å². The van der Waals surface area contributed by atoms with E-state index in [0.29, 0.717) is 89.0 Å². The Bertz CT molecular complexity index is 3790. The molecule has 42 nitrogen and oxygen atoms in total. The Kier molecular flexibility index (Phi) is 73.3. The largest absolute Gasteiger partial charge is 0.481 e. The highest BCUT2D eigenvalue weighted by Crippen LogP contribution is 2.33. The number of alkyl carbamates (subject to hydrolysis) is 2. The Labute approximate surface area is 831 Å². The Morgan fingerprint density at radius 1 is 0.576 bits per heavy atom. The van der Waals surface area contributed by atoms with Gasteiger partial charge >= 0.3 is 36.2 Å². The molecule has 1 fully saturated rings. The number of piperidine rings is 1. The number of unbranched alkanes of at least 4 members (excludes halogenated alkanes) is 1. The number of hydrogen-bond acceptors (Lipinski definition) is 35. The molecule has 3 heterocycles. The fourth-order valence-corrected chi connectivity index (χ4v) is 15.7. The second-order valence-electron chi connectivity index (χ2n) is 32.9. The van der Waals surface area contributed by atoms with Gasteiger partial charge in [-0.25, -0.2) is 24.4 Å². The van der Waals surface area contributed by atoms with Crippen molar-refractivity contribution in [3.8, 4) is 5.75 Å². The molecule has 0 saturated carbocycles. The summed E-state index contributed by atoms with van der Waals surface area (Å²) in [4.78, 5) is 149. The molecular formula is C94H161N11O31S3. The topological polar surface area (TPSA) is 566 Å². The van der Waals surface area contributed by atoms with E-state index >= 15 is 0 Å². The molecule has 1 aliphatic heterocycles. The Hall–Kier alpha value is -8.33. The van der Waals surface area contributed by atoms with Gasteiger partial charge in [-0.05, 0) is 150 Å². The molecule has 14 N–H and O–H groups in total. The first-order chi connectivity index (χ1) is 66.7. The van der Waals surface area contributed by atoms with E-state index in [2.05, 4.69) is 60.9 Å². The number of thiazole rings is 1. The number of carboxylic acids is 2. The number of aromatic nitrogens is 2. The summed E-state index contributed by atoms with van der Waals surface area (Å²) in [5.74, 6) is -3.42. The highest BCUT2D eigenvalue weighted by molar-refractivity contribution is 8.76. The van der Waals surface area contributed by atoms with Gasteiger partial charge in [0.15, 0.2) is 25.2 Å². The van der Waals surface area contributed by atoms with Crippen LogP contribution in [0.4, 0.5) is 14.4 Å². The minimum absolute atomic E-state index is 0.0133. The van der Waals surface area contributed by atoms with E-state index in [0.717, 1.165) is 48.6 Å². The van der Waals surface area contributed by atoms with E-state index in [-0.39, 0.29) is 195 Å². The van der Waals surface area contributed by atoms with Crippen LogP contribution in [0, 0.1) is 17.8 Å². The molecule has 796 valence electrons. The van der Waals surface area contributed by atoms with Crippen LogP contribution < -0.4 is 42.0 Å². The predicted molar refractivity (Wildman–Crippen MR) is 522 cm³/mol. The summed E-state index contributed by atoms with van der Waals surface area (Å²) in [6, 6.07) is 10.6. The quantitative estimate of drug-likeness (QED) is 0.00825. The maximum Gasteiger partial charge on any atom is 0.412 e. The number of pyridine rings is 1. The molecule has 139 heavy (non-hydrogen) atoms. The molecule has 4 rings (SSSR count). The van der Waals surface area contributed by atoms with Crippen molar-refractivity contribution in [2.45, 2.75) is 289 Å². The molecule has 0 spiro atoms. The predicted octanol–water partition coefficient (Wildman–Crippen LogP) is 8.69. The normalized spacial score (nSPS) is 15.5. The number of carboxylic acid groups (broad SMARTS) is 2. The van der Waals surface area contributed by atoms with Gasteiger partial charge in [0.05, 0.1) is 69.4 Å². The van der Waals surface area contributed by atoms with E-state index in [4.69, 9.17) is 92.1 Å². The number of nitrogens with zero attached hydrogens (tertiary/aromatic N) is 4. The third kappa shape index (κ3) is 58.1. The van der Waals surface area contributed by atoms with Gasteiger partial charge in [-0.1, -0.05) is 118 Å². The van der Waals surface area contributed by atoms with Crippen LogP contribution in [0.1, 0.15) is 225 Å². The van der Waals surface area contributed by atoms with Crippen LogP contribution in [0.25, 0.3) is 0 Å². The molecule has 2 aromatic heterocycles. The van der Waals surface area contributed by atoms with Crippen LogP contribution in [-0.4, -0.2) is 341 Å². The highest BCUT2D eigenvalue weighted by Gasteiger charge is 2.39. The number of hydrogen-bond donors (Lipinski definition) is 14. The minimum Gasteiger partial charge on any atom is -0.481 e. The highest BCUT2D eigenvalue weighted by atomic mass is 33.1. The molecule has 3 aromatic rings. The number of benzene rings is 1. The molecule has 0 radical (unpaired) electrons. The molecule has 0 bridgehead atoms. The number of ether oxygens (including phenoxy) is 13. The summed E-state index contributed by atoms with van der Waals surface area (Å²) in [5.41, 5.74) is 0.922. The summed E-state index contributed by atoms with van der Waals surface area (Å²) in [7, 11) is 10.8. The number of carbonyl (C=O) groups is 11. The number of carbonyl (C=O) groups excluding carboxylic acids is 9. The fraction of sp³-hybridized carbons (Fsp3) is 0.734. The standard InChI is InChI=1S/C57H94N8O14S.C18H29N3O6S2.C12H22O7.C7H16O4/c1-11-28-65(54(70)50(38(7)13-3)63-52(69)45-19-15-18-29-64(45)9)46(37(5)6)33-47(76-30-12-2)53-62-44(36-80-53)51(68)61-41(31-39(8)55(71)72)32-40-20-22-43(23-21-40)79-57(74)59-26-17-16-25-58-48(67)24-27-60-56(73)77-35-49(75-10)78-42(14-4)34-66;1-3-14(12-22)27-17(25-2)13-26-18(24)21-9-7-15(23)19-10-11-28-29-16-6-4-5-8-20-16;1-3-9(7-13)19-12(17-2)8-18-11(16)6-4-5-10(14)15;1-3-6(4-8)11-7(5-9)10-2/h20-23,36-39,41-42,45-47,49-50,66H,11-19,24-35H2,1-10H3,(H,58,67)(H,59,74)(H,60,73)(H,61,68)(H,63,69)(H,71,72);4-6,8,14,17,22H,3,7,9-13H2,1-2H3,(H,19,23)(H,21,24);9,12-13H,3-8H2,1-2H3,(H,14,15);6-9H,3-5H2,1-2H3/t38-,39-,41+,42?,45+,46+,47+,49?,50-;;;/m0.../s1. The second-order valence-corrected chi connectivity index (χ2v) is 36.2. The van der Waals surface area contributed by atoms with Gasteiger partial charge in [0, 0.05) is 136 Å². The lowest BCUT2D eigenvalue weighted by Crippen LogP contribution is -2.58. The number of aliphatic hydroxyl groups excluding tert-OH is 5. The molecule has 15 atom stereocenters. The van der Waals surface area contributed by atoms with Gasteiger partial charge in [0.2, 0.25) is 23.6 Å². The molecule has 0 aliphatic carbocycles. The number of amides is 8. The zero-order valence-electron chi connectivity index (χ0n) is 84.0. The fourth-order valence-electron chi connectivity index (χ4n) is 13.1. The lowest BCUT2D eigenvalue weighted by atomic mass is 9.92. The summed E-state index contributed by atoms with van der Waals surface area (Å²) >= 11 is 1.29. The van der Waals surface area contributed by atoms with Gasteiger partial charge in [-0.3, -0.25) is 43.3 Å². The van der Waals surface area contributed by atoms with Crippen LogP contribution in [0.3, 0.4) is 0 Å². The zero-order chi connectivity index (χ0) is 104. The molecule has 1 aliphatic rings. The summed E-state index contributed by atoms with van der Waals surface area (Å²) in [6.07, 6.45) is 4.46. The number of methoxy groups -OCH3 is 4. The molecule has 1 saturated heterocycles. The summed E-state index contributed by atoms with van der Waals surface area (Å²) < 4.78 is 68.2. The molecule has 45 heteroatoms. The molecule has 1 aromatic carbocycles. The number of likely N-dealkylation sites (N-methyl/N-ethyl adjacent to an activating group) is 1. The van der Waals surface area contributed by atoms with Crippen molar-refractivity contribution in [2.24, 2.45) is 17.8 Å². The minimum atomic E-state index is -1.00. The van der Waals surface area contributed by atoms with Crippen LogP contribution in [0.2, 0.25) is 0 Å². The van der Waals surface area contributed by atoms with Crippen molar-refractivity contribution >= 4 is 98.6 Å². The first-order valence-corrected chi connectivity index (χ1v) is 51.0. The number of esters is 1. The van der Waals surface area contributed by atoms with Crippen molar-refractivity contribution in [3.63, 3.8) is 0 Å². The van der Waals surface area contributed by atoms with Crippen molar-refractivity contribution in [1.29, 1.82) is 0 Å². The lowest BCUT2D eigenvalue weighted by Gasteiger charge is -2.40. The Balaban J connectivity index is 0.00000131. The SMILES string of the molecule is CCC(CO)OC(CO)OC.CCC(CO)OC(COC(=O)CCCC(=O)O)OC.CCC(CO)OC(COC(=O)NCCC(=O)NCCSSc1ccccn1)OC.CCCO[C@H](C[C@H](C(C)C)N(CCC)C(=O)[C@@H](NC(=O)[C@H]1CCCCN1C)[C@@H](C)CC)c1nc(C(=O)N[C@@H](Cc2ccc(OC(=O)NCCCCNC(=O)CCNC(=O)OCC(OC)OC(CC)CO)cc2)C[C@H](C)C(=O)O)cs1. The third-order valence-electron chi connectivity index (χ3n) is 21.6. The molecular weight excluding hydrogens is 1880 g/mol. The van der Waals surface area contributed by atoms with Crippen LogP contribution in [0.15, 0.2) is 59.1 Å². The van der Waals surface area contributed by atoms with Crippen molar-refractivity contribution in [3.05, 3.63) is 70.3 Å². The van der Waals surface area contributed by atoms with Crippen molar-refractivity contribution in [2.75, 3.05) is 147 Å². The van der Waals surface area contributed by atoms with E-state index in [1.807, 2.05) is 85.5 Å². The average molecular weight is 2040 g/mol. The lowest BCUT2D eigenvalue weighted by molar-refractivity contribution is -0.194. The summed E-state index contributed by atoms with van der Waals surface area (Å²) in [6.45, 7) is 23.3. The Morgan fingerprint density at radius 2 is 1.11 bits per heavy atom. The number of likely N-dealkylation sites (tertiary alicyclic amines) is 1. The van der Waals surface area contributed by atoms with Crippen LogP contribution in [-0.2, 0) is 96.8 Å². The number of nitrogens with one attached hydrogen (secondary N) is 7. The monoisotopic (exact) mass is 2040 g/mol. The Morgan fingerprint density at radius 3 is 1.58 bits per heavy atom. The van der Waals surface area contributed by atoms with Crippen molar-refractivity contribution < 1.29 is 150 Å². The van der Waals surface area contributed by atoms with E-state index in [9.17, 15) is 63.0 Å². The first-order valence-electron chi connectivity index (χ1n) is 47.8. The number of aliphatic carboxylic acids is 2. The van der Waals surface area contributed by atoms with Gasteiger partial charge in [-0.2, -0.15) is 0 Å². The summed E-state index contributed by atoms with van der Waals surface area (Å²) in [5, 5.41) is 85.6. The van der Waals surface area contributed by atoms with Gasteiger partial charge in [0.1, 0.15) is 53.4 Å². The number of rotatable bonds is 70. The number of aliphatic hydroxyl groups is 5. The molecule has 8 amide bonds. The average Bonchev–Trinajstić information content (AvgIpc) is 1.69. The zero-order valence-corrected chi connectivity index (χ0v) is 86.5. The maximum absolute atomic E-state index is 14.8. The molecule has 8 unspecified atom stereocenters. The van der Waals surface area contributed by atoms with Crippen LogP contribution >= 0.6 is 32.9 Å². The second kappa shape index (κ2) is 79.2. The van der Waals surface area contributed by atoms with Gasteiger partial charge in [0.25, 0.3) is 5.91 Å². The van der Waals surface area contributed by atoms with Gasteiger partial charge < -0.3 is 139 Å². The van der Waals surface area contributed by atoms with Crippen molar-refractivity contribution in [1.82, 2.24) is 57.0 Å². The van der Waals surface area contributed by atoms with E-state index < -0.39 is 97.5 Å². The van der Waals surface area contributed by atoms with Crippen LogP contribution in [0.5, 0.6) is 5.75 Å².